The molecule has 3 heteroatoms. The van der Waals surface area contributed by atoms with Crippen molar-refractivity contribution in [3.8, 4) is 0 Å². The summed E-state index contributed by atoms with van der Waals surface area (Å²) in [4.78, 5) is 12.0. The standard InChI is InChI=1S/C18H20N2O/c1-3-11-19-18(21)12(2)20-16-10-9-14-8-7-13-5-4-6-15(16)17(13)14/h3-6,9-10,12,20H,1,7-8,11H2,2H3,(H,19,21). The van der Waals surface area contributed by atoms with Crippen molar-refractivity contribution in [2.45, 2.75) is 25.8 Å². The van der Waals surface area contributed by atoms with Gasteiger partial charge in [-0.3, -0.25) is 4.79 Å². The molecule has 2 N–H and O–H groups in total. The Morgan fingerprint density at radius 3 is 2.81 bits per heavy atom. The Balaban J connectivity index is 1.88. The fraction of sp³-hybridized carbons (Fsp3) is 0.278. The van der Waals surface area contributed by atoms with Gasteiger partial charge in [0.2, 0.25) is 5.91 Å². The number of aryl methyl sites for hydroxylation is 2. The van der Waals surface area contributed by atoms with Crippen LogP contribution < -0.4 is 10.6 Å². The second-order valence-corrected chi connectivity index (χ2v) is 5.51. The SMILES string of the molecule is C=CCNC(=O)C(C)Nc1ccc2c3c(cccc13)CC2. The lowest BCUT2D eigenvalue weighted by atomic mass is 10.0. The molecular weight excluding hydrogens is 260 g/mol. The number of carbonyl (C=O) groups is 1. The maximum Gasteiger partial charge on any atom is 0.242 e. The highest BCUT2D eigenvalue weighted by atomic mass is 16.2. The summed E-state index contributed by atoms with van der Waals surface area (Å²) in [5.74, 6) is -0.0156. The van der Waals surface area contributed by atoms with Gasteiger partial charge in [0, 0.05) is 17.6 Å². The third kappa shape index (κ3) is 2.51. The topological polar surface area (TPSA) is 41.1 Å². The first-order valence-corrected chi connectivity index (χ1v) is 7.39. The van der Waals surface area contributed by atoms with Gasteiger partial charge in [-0.05, 0) is 42.3 Å². The van der Waals surface area contributed by atoms with Gasteiger partial charge in [-0.1, -0.05) is 30.3 Å². The third-order valence-corrected chi connectivity index (χ3v) is 4.06. The van der Waals surface area contributed by atoms with E-state index in [4.69, 9.17) is 0 Å². The molecular formula is C18H20N2O. The van der Waals surface area contributed by atoms with Crippen LogP contribution in [-0.2, 0) is 17.6 Å². The van der Waals surface area contributed by atoms with Gasteiger partial charge in [-0.2, -0.15) is 0 Å². The van der Waals surface area contributed by atoms with Gasteiger partial charge in [-0.25, -0.2) is 0 Å². The van der Waals surface area contributed by atoms with Crippen LogP contribution in [0.25, 0.3) is 10.8 Å². The predicted molar refractivity (Wildman–Crippen MR) is 87.6 cm³/mol. The number of amides is 1. The average Bonchev–Trinajstić information content (AvgIpc) is 2.92. The fourth-order valence-electron chi connectivity index (χ4n) is 3.00. The van der Waals surface area contributed by atoms with E-state index in [-0.39, 0.29) is 11.9 Å². The van der Waals surface area contributed by atoms with Gasteiger partial charge < -0.3 is 10.6 Å². The number of hydrogen-bond donors (Lipinski definition) is 2. The highest BCUT2D eigenvalue weighted by molar-refractivity contribution is 6.00. The van der Waals surface area contributed by atoms with Crippen LogP contribution in [-0.4, -0.2) is 18.5 Å². The number of hydrogen-bond acceptors (Lipinski definition) is 2. The van der Waals surface area contributed by atoms with E-state index in [0.29, 0.717) is 6.54 Å². The quantitative estimate of drug-likeness (QED) is 0.827. The molecule has 0 radical (unpaired) electrons. The van der Waals surface area contributed by atoms with Crippen molar-refractivity contribution in [3.63, 3.8) is 0 Å². The summed E-state index contributed by atoms with van der Waals surface area (Å²) >= 11 is 0. The maximum absolute atomic E-state index is 12.0. The van der Waals surface area contributed by atoms with E-state index in [2.05, 4.69) is 47.5 Å². The first-order chi connectivity index (χ1) is 10.2. The zero-order valence-electron chi connectivity index (χ0n) is 12.3. The highest BCUT2D eigenvalue weighted by Gasteiger charge is 2.18. The molecule has 0 heterocycles. The van der Waals surface area contributed by atoms with E-state index in [1.54, 1.807) is 6.08 Å². The number of carbonyl (C=O) groups excluding carboxylic acids is 1. The first-order valence-electron chi connectivity index (χ1n) is 7.39. The summed E-state index contributed by atoms with van der Waals surface area (Å²) in [5, 5.41) is 8.72. The molecule has 1 atom stereocenters. The average molecular weight is 280 g/mol. The Bertz CT molecular complexity index is 695. The molecule has 0 saturated carbocycles. The van der Waals surface area contributed by atoms with Crippen molar-refractivity contribution in [3.05, 3.63) is 54.1 Å². The number of rotatable bonds is 5. The molecule has 3 rings (SSSR count). The van der Waals surface area contributed by atoms with E-state index in [1.807, 2.05) is 6.92 Å². The van der Waals surface area contributed by atoms with Crippen LogP contribution in [0.15, 0.2) is 43.0 Å². The van der Waals surface area contributed by atoms with Gasteiger partial charge >= 0.3 is 0 Å². The molecule has 0 saturated heterocycles. The minimum absolute atomic E-state index is 0.0156. The summed E-state index contributed by atoms with van der Waals surface area (Å²) in [7, 11) is 0. The summed E-state index contributed by atoms with van der Waals surface area (Å²) < 4.78 is 0. The van der Waals surface area contributed by atoms with Crippen molar-refractivity contribution in [2.24, 2.45) is 0 Å². The van der Waals surface area contributed by atoms with Gasteiger partial charge in [0.1, 0.15) is 6.04 Å². The first kappa shape index (κ1) is 13.7. The molecule has 21 heavy (non-hydrogen) atoms. The summed E-state index contributed by atoms with van der Waals surface area (Å²) in [6.45, 7) is 5.98. The third-order valence-electron chi connectivity index (χ3n) is 4.06. The van der Waals surface area contributed by atoms with Crippen molar-refractivity contribution in [2.75, 3.05) is 11.9 Å². The van der Waals surface area contributed by atoms with E-state index in [1.165, 1.54) is 21.9 Å². The van der Waals surface area contributed by atoms with Crippen molar-refractivity contribution < 1.29 is 4.79 Å². The van der Waals surface area contributed by atoms with Crippen LogP contribution in [0.3, 0.4) is 0 Å². The van der Waals surface area contributed by atoms with E-state index < -0.39 is 0 Å². The van der Waals surface area contributed by atoms with Crippen LogP contribution >= 0.6 is 0 Å². The highest BCUT2D eigenvalue weighted by Crippen LogP contribution is 2.35. The Morgan fingerprint density at radius 2 is 2.05 bits per heavy atom. The number of benzene rings is 2. The van der Waals surface area contributed by atoms with Gasteiger partial charge in [0.05, 0.1) is 0 Å². The number of nitrogens with one attached hydrogen (secondary N) is 2. The lowest BCUT2D eigenvalue weighted by Gasteiger charge is -2.17. The van der Waals surface area contributed by atoms with Crippen LogP contribution in [0.2, 0.25) is 0 Å². The van der Waals surface area contributed by atoms with E-state index in [0.717, 1.165) is 18.5 Å². The molecule has 0 aliphatic heterocycles. The molecule has 0 spiro atoms. The lowest BCUT2D eigenvalue weighted by Crippen LogP contribution is -2.37. The molecule has 0 bridgehead atoms. The normalized spacial score (nSPS) is 14.0. The molecule has 2 aromatic carbocycles. The predicted octanol–water partition coefficient (Wildman–Crippen LogP) is 3.04. The van der Waals surface area contributed by atoms with Crippen LogP contribution in [0.4, 0.5) is 5.69 Å². The second-order valence-electron chi connectivity index (χ2n) is 5.51. The molecule has 1 aliphatic carbocycles. The Morgan fingerprint density at radius 1 is 1.29 bits per heavy atom. The molecule has 1 aliphatic rings. The summed E-state index contributed by atoms with van der Waals surface area (Å²) in [6.07, 6.45) is 3.92. The zero-order chi connectivity index (χ0) is 14.8. The van der Waals surface area contributed by atoms with E-state index in [9.17, 15) is 4.79 Å². The maximum atomic E-state index is 12.0. The Hall–Kier alpha value is -2.29. The van der Waals surface area contributed by atoms with Gasteiger partial charge in [0.15, 0.2) is 0 Å². The van der Waals surface area contributed by atoms with Crippen molar-refractivity contribution in [1.82, 2.24) is 5.32 Å². The van der Waals surface area contributed by atoms with Gasteiger partial charge in [0.25, 0.3) is 0 Å². The van der Waals surface area contributed by atoms with Gasteiger partial charge in [-0.15, -0.1) is 6.58 Å². The Kier molecular flexibility index (Phi) is 3.65. The lowest BCUT2D eigenvalue weighted by molar-refractivity contribution is -0.121. The smallest absolute Gasteiger partial charge is 0.242 e. The molecule has 108 valence electrons. The summed E-state index contributed by atoms with van der Waals surface area (Å²) in [5.41, 5.74) is 3.85. The largest absolute Gasteiger partial charge is 0.373 e. The fourth-order valence-corrected chi connectivity index (χ4v) is 3.00. The minimum Gasteiger partial charge on any atom is -0.373 e. The second kappa shape index (κ2) is 5.60. The Labute approximate surface area is 125 Å². The molecule has 1 amide bonds. The molecule has 2 aromatic rings. The summed E-state index contributed by atoms with van der Waals surface area (Å²) in [6, 6.07) is 10.4. The van der Waals surface area contributed by atoms with Crippen molar-refractivity contribution in [1.29, 1.82) is 0 Å². The molecule has 0 fully saturated rings. The number of anilines is 1. The molecule has 3 nitrogen and oxygen atoms in total. The van der Waals surface area contributed by atoms with Crippen molar-refractivity contribution >= 4 is 22.4 Å². The monoisotopic (exact) mass is 280 g/mol. The zero-order valence-corrected chi connectivity index (χ0v) is 12.3. The van der Waals surface area contributed by atoms with E-state index >= 15 is 0 Å². The minimum atomic E-state index is -0.275. The van der Waals surface area contributed by atoms with Crippen LogP contribution in [0.1, 0.15) is 18.1 Å². The molecule has 1 unspecified atom stereocenters. The van der Waals surface area contributed by atoms with Crippen LogP contribution in [0, 0.1) is 0 Å². The van der Waals surface area contributed by atoms with Crippen LogP contribution in [0.5, 0.6) is 0 Å². The molecule has 0 aromatic heterocycles.